The number of fused-ring (bicyclic) bond motifs is 1. The second-order valence-electron chi connectivity index (χ2n) is 4.93. The molecule has 0 aliphatic carbocycles. The minimum absolute atomic E-state index is 0.506. The van der Waals surface area contributed by atoms with Gasteiger partial charge in [0.1, 0.15) is 0 Å². The number of anilines is 1. The summed E-state index contributed by atoms with van der Waals surface area (Å²) < 4.78 is 0. The van der Waals surface area contributed by atoms with Crippen LogP contribution in [0.15, 0.2) is 17.5 Å². The summed E-state index contributed by atoms with van der Waals surface area (Å²) in [4.78, 5) is 23.4. The Morgan fingerprint density at radius 1 is 1.40 bits per heavy atom. The topological polar surface area (TPSA) is 66.3 Å². The van der Waals surface area contributed by atoms with E-state index in [2.05, 4.69) is 9.97 Å². The fourth-order valence-electron chi connectivity index (χ4n) is 2.63. The molecule has 0 amide bonds. The highest BCUT2D eigenvalue weighted by molar-refractivity contribution is 7.10. The molecule has 3 heterocycles. The van der Waals surface area contributed by atoms with E-state index in [4.69, 9.17) is 0 Å². The largest absolute Gasteiger partial charge is 0.479 e. The molecule has 104 valence electrons. The molecule has 2 aromatic rings. The molecule has 1 atom stereocenters. The molecular weight excluding hydrogens is 274 g/mol. The Morgan fingerprint density at radius 3 is 2.75 bits per heavy atom. The lowest BCUT2D eigenvalue weighted by molar-refractivity contribution is -0.138. The predicted molar refractivity (Wildman–Crippen MR) is 77.3 cm³/mol. The van der Waals surface area contributed by atoms with Crippen LogP contribution in [0, 0.1) is 13.8 Å². The van der Waals surface area contributed by atoms with Gasteiger partial charge in [-0.3, -0.25) is 0 Å². The minimum Gasteiger partial charge on any atom is -0.479 e. The highest BCUT2D eigenvalue weighted by Gasteiger charge is 2.35. The van der Waals surface area contributed by atoms with Gasteiger partial charge < -0.3 is 10.0 Å². The Bertz CT molecular complexity index is 648. The van der Waals surface area contributed by atoms with Crippen molar-refractivity contribution in [1.82, 2.24) is 9.97 Å². The lowest BCUT2D eigenvalue weighted by atomic mass is 10.0. The second kappa shape index (κ2) is 4.86. The van der Waals surface area contributed by atoms with Crippen molar-refractivity contribution in [2.45, 2.75) is 26.3 Å². The Morgan fingerprint density at radius 2 is 2.10 bits per heavy atom. The van der Waals surface area contributed by atoms with Gasteiger partial charge in [0.2, 0.25) is 5.95 Å². The van der Waals surface area contributed by atoms with E-state index in [1.165, 1.54) is 0 Å². The third-order valence-electron chi connectivity index (χ3n) is 3.43. The van der Waals surface area contributed by atoms with Crippen LogP contribution < -0.4 is 4.90 Å². The van der Waals surface area contributed by atoms with E-state index < -0.39 is 12.0 Å². The third kappa shape index (κ3) is 2.16. The van der Waals surface area contributed by atoms with Gasteiger partial charge >= 0.3 is 5.97 Å². The molecule has 3 rings (SSSR count). The van der Waals surface area contributed by atoms with Crippen molar-refractivity contribution in [3.63, 3.8) is 0 Å². The van der Waals surface area contributed by atoms with Crippen LogP contribution in [0.3, 0.4) is 0 Å². The summed E-state index contributed by atoms with van der Waals surface area (Å²) in [6, 6.07) is 3.10. The number of nitrogens with zero attached hydrogens (tertiary/aromatic N) is 3. The van der Waals surface area contributed by atoms with E-state index in [0.717, 1.165) is 28.2 Å². The van der Waals surface area contributed by atoms with E-state index in [-0.39, 0.29) is 0 Å². The first-order valence-electron chi connectivity index (χ1n) is 6.44. The standard InChI is InChI=1S/C14H15N3O2S/c1-8-7-9(2)16-14(15-8)17-5-3-11-10(4-6-20-11)12(17)13(18)19/h4,6-7,12H,3,5H2,1-2H3,(H,18,19). The molecule has 2 aromatic heterocycles. The summed E-state index contributed by atoms with van der Waals surface area (Å²) in [6.45, 7) is 4.43. The molecule has 0 aromatic carbocycles. The normalized spacial score (nSPS) is 17.9. The van der Waals surface area contributed by atoms with Crippen molar-refractivity contribution in [2.24, 2.45) is 0 Å². The van der Waals surface area contributed by atoms with Gasteiger partial charge in [-0.25, -0.2) is 14.8 Å². The van der Waals surface area contributed by atoms with Gasteiger partial charge in [0.05, 0.1) is 0 Å². The highest BCUT2D eigenvalue weighted by Crippen LogP contribution is 2.35. The SMILES string of the molecule is Cc1cc(C)nc(N2CCc3sccc3C2C(=O)O)n1. The van der Waals surface area contributed by atoms with Crippen LogP contribution >= 0.6 is 11.3 Å². The lowest BCUT2D eigenvalue weighted by Crippen LogP contribution is -2.40. The Balaban J connectivity index is 2.07. The first-order chi connectivity index (χ1) is 9.56. The van der Waals surface area contributed by atoms with Crippen molar-refractivity contribution < 1.29 is 9.90 Å². The first kappa shape index (κ1) is 13.1. The zero-order valence-corrected chi connectivity index (χ0v) is 12.1. The van der Waals surface area contributed by atoms with Crippen LogP contribution in [0.1, 0.15) is 27.9 Å². The van der Waals surface area contributed by atoms with E-state index in [1.807, 2.05) is 31.4 Å². The quantitative estimate of drug-likeness (QED) is 0.919. The number of thiophene rings is 1. The molecule has 1 N–H and O–H groups in total. The van der Waals surface area contributed by atoms with Crippen molar-refractivity contribution >= 4 is 23.3 Å². The van der Waals surface area contributed by atoms with E-state index in [0.29, 0.717) is 12.5 Å². The van der Waals surface area contributed by atoms with Gasteiger partial charge in [0.25, 0.3) is 0 Å². The maximum atomic E-state index is 11.7. The number of aryl methyl sites for hydroxylation is 2. The smallest absolute Gasteiger partial charge is 0.331 e. The third-order valence-corrected chi connectivity index (χ3v) is 4.42. The maximum absolute atomic E-state index is 11.7. The predicted octanol–water partition coefficient (Wildman–Crippen LogP) is 2.34. The Kier molecular flexibility index (Phi) is 3.17. The number of hydrogen-bond donors (Lipinski definition) is 1. The molecule has 0 saturated heterocycles. The summed E-state index contributed by atoms with van der Waals surface area (Å²) in [5.41, 5.74) is 2.58. The second-order valence-corrected chi connectivity index (χ2v) is 5.93. The van der Waals surface area contributed by atoms with Gasteiger partial charge in [0.15, 0.2) is 6.04 Å². The highest BCUT2D eigenvalue weighted by atomic mass is 32.1. The van der Waals surface area contributed by atoms with Crippen LogP contribution in [-0.2, 0) is 11.2 Å². The number of carbonyl (C=O) groups is 1. The van der Waals surface area contributed by atoms with Crippen molar-refractivity contribution in [3.05, 3.63) is 39.3 Å². The number of aliphatic carboxylic acids is 1. The molecule has 6 heteroatoms. The van der Waals surface area contributed by atoms with E-state index in [9.17, 15) is 9.90 Å². The van der Waals surface area contributed by atoms with Crippen LogP contribution in [-0.4, -0.2) is 27.6 Å². The average Bonchev–Trinajstić information content (AvgIpc) is 2.83. The number of carboxylic acids is 1. The molecule has 0 bridgehead atoms. The summed E-state index contributed by atoms with van der Waals surface area (Å²) in [6.07, 6.45) is 0.840. The van der Waals surface area contributed by atoms with Crippen molar-refractivity contribution in [2.75, 3.05) is 11.4 Å². The molecule has 1 unspecified atom stereocenters. The molecule has 1 aliphatic heterocycles. The minimum atomic E-state index is -0.855. The zero-order chi connectivity index (χ0) is 14.3. The molecule has 1 aliphatic rings. The van der Waals surface area contributed by atoms with Crippen LogP contribution in [0.25, 0.3) is 0 Å². The molecule has 0 radical (unpaired) electrons. The van der Waals surface area contributed by atoms with Gasteiger partial charge in [-0.1, -0.05) is 0 Å². The fraction of sp³-hybridized carbons (Fsp3) is 0.357. The lowest BCUT2D eigenvalue weighted by Gasteiger charge is -2.33. The average molecular weight is 289 g/mol. The molecule has 0 fully saturated rings. The van der Waals surface area contributed by atoms with Crippen LogP contribution in [0.2, 0.25) is 0 Å². The van der Waals surface area contributed by atoms with Crippen molar-refractivity contribution in [3.8, 4) is 0 Å². The van der Waals surface area contributed by atoms with E-state index >= 15 is 0 Å². The number of rotatable bonds is 2. The van der Waals surface area contributed by atoms with Gasteiger partial charge in [-0.05, 0) is 43.3 Å². The van der Waals surface area contributed by atoms with Crippen LogP contribution in [0.4, 0.5) is 5.95 Å². The molecule has 0 saturated carbocycles. The number of aromatic nitrogens is 2. The monoisotopic (exact) mass is 289 g/mol. The van der Waals surface area contributed by atoms with Crippen LogP contribution in [0.5, 0.6) is 0 Å². The maximum Gasteiger partial charge on any atom is 0.331 e. The first-order valence-corrected chi connectivity index (χ1v) is 7.32. The van der Waals surface area contributed by atoms with E-state index in [1.54, 1.807) is 16.2 Å². The molecule has 20 heavy (non-hydrogen) atoms. The Hall–Kier alpha value is -1.95. The summed E-state index contributed by atoms with van der Waals surface area (Å²) in [5.74, 6) is -0.348. The fourth-order valence-corrected chi connectivity index (χ4v) is 3.54. The number of carboxylic acid groups (broad SMARTS) is 1. The molecular formula is C14H15N3O2S. The van der Waals surface area contributed by atoms with Gasteiger partial charge in [-0.2, -0.15) is 0 Å². The molecule has 0 spiro atoms. The van der Waals surface area contributed by atoms with Gasteiger partial charge in [-0.15, -0.1) is 11.3 Å². The Labute approximate surface area is 120 Å². The summed E-state index contributed by atoms with van der Waals surface area (Å²) in [5, 5.41) is 11.5. The molecule has 5 nitrogen and oxygen atoms in total. The van der Waals surface area contributed by atoms with Gasteiger partial charge in [0, 0.05) is 22.8 Å². The zero-order valence-electron chi connectivity index (χ0n) is 11.3. The summed E-state index contributed by atoms with van der Waals surface area (Å²) >= 11 is 1.62. The number of hydrogen-bond acceptors (Lipinski definition) is 5. The van der Waals surface area contributed by atoms with Crippen molar-refractivity contribution in [1.29, 1.82) is 0 Å². The summed E-state index contributed by atoms with van der Waals surface area (Å²) in [7, 11) is 0.